The standard InChI is InChI=1S/C21H21FN4O2S/c22-18-9-5-4-8-17(18)20-24-25-21(26(20)15-10-11-15)29-14-19(27)23-12-13-28-16-6-2-1-3-7-16/h1-9,15H,10-14H2,(H,23,27). The molecule has 1 aliphatic rings. The molecule has 0 bridgehead atoms. The minimum absolute atomic E-state index is 0.107. The molecule has 1 amide bonds. The van der Waals surface area contributed by atoms with Crippen LogP contribution in [0, 0.1) is 5.82 Å². The summed E-state index contributed by atoms with van der Waals surface area (Å²) in [5.74, 6) is 1.08. The maximum Gasteiger partial charge on any atom is 0.230 e. The van der Waals surface area contributed by atoms with Gasteiger partial charge in [0.05, 0.1) is 17.9 Å². The van der Waals surface area contributed by atoms with Crippen LogP contribution in [0.2, 0.25) is 0 Å². The third-order valence-corrected chi connectivity index (χ3v) is 5.40. The summed E-state index contributed by atoms with van der Waals surface area (Å²) in [6.07, 6.45) is 2.02. The Balaban J connectivity index is 1.32. The van der Waals surface area contributed by atoms with E-state index in [1.165, 1.54) is 17.8 Å². The molecular formula is C21H21FN4O2S. The van der Waals surface area contributed by atoms with Crippen LogP contribution >= 0.6 is 11.8 Å². The van der Waals surface area contributed by atoms with Gasteiger partial charge in [-0.15, -0.1) is 10.2 Å². The Morgan fingerprint density at radius 2 is 1.90 bits per heavy atom. The largest absolute Gasteiger partial charge is 0.492 e. The molecule has 150 valence electrons. The molecule has 0 spiro atoms. The highest BCUT2D eigenvalue weighted by molar-refractivity contribution is 7.99. The molecule has 8 heteroatoms. The van der Waals surface area contributed by atoms with Gasteiger partial charge in [-0.1, -0.05) is 42.1 Å². The molecule has 0 radical (unpaired) electrons. The molecule has 1 aliphatic carbocycles. The SMILES string of the molecule is O=C(CSc1nnc(-c2ccccc2F)n1C1CC1)NCCOc1ccccc1. The molecule has 1 fully saturated rings. The van der Waals surface area contributed by atoms with Gasteiger partial charge in [0.2, 0.25) is 5.91 Å². The fourth-order valence-corrected chi connectivity index (χ4v) is 3.76. The van der Waals surface area contributed by atoms with Gasteiger partial charge in [-0.05, 0) is 37.1 Å². The predicted octanol–water partition coefficient (Wildman–Crippen LogP) is 3.71. The molecule has 1 saturated carbocycles. The van der Waals surface area contributed by atoms with Gasteiger partial charge in [-0.25, -0.2) is 4.39 Å². The van der Waals surface area contributed by atoms with Gasteiger partial charge in [0.25, 0.3) is 0 Å². The number of rotatable bonds is 9. The number of benzene rings is 2. The first-order valence-corrected chi connectivity index (χ1v) is 10.5. The van der Waals surface area contributed by atoms with Crippen molar-refractivity contribution in [3.63, 3.8) is 0 Å². The van der Waals surface area contributed by atoms with Gasteiger partial charge < -0.3 is 10.1 Å². The number of thioether (sulfide) groups is 1. The number of para-hydroxylation sites is 1. The summed E-state index contributed by atoms with van der Waals surface area (Å²) in [4.78, 5) is 12.2. The maximum absolute atomic E-state index is 14.2. The number of nitrogens with one attached hydrogen (secondary N) is 1. The first-order valence-electron chi connectivity index (χ1n) is 9.49. The third kappa shape index (κ3) is 4.95. The molecule has 1 heterocycles. The quantitative estimate of drug-likeness (QED) is 0.429. The van der Waals surface area contributed by atoms with E-state index in [-0.39, 0.29) is 23.5 Å². The molecule has 2 aromatic carbocycles. The Hall–Kier alpha value is -2.87. The van der Waals surface area contributed by atoms with E-state index in [4.69, 9.17) is 4.74 Å². The Bertz CT molecular complexity index is 976. The van der Waals surface area contributed by atoms with Crippen LogP contribution in [0.15, 0.2) is 59.8 Å². The molecule has 0 aliphatic heterocycles. The Morgan fingerprint density at radius 3 is 2.66 bits per heavy atom. The van der Waals surface area contributed by atoms with Crippen LogP contribution in [0.3, 0.4) is 0 Å². The molecule has 3 aromatic rings. The highest BCUT2D eigenvalue weighted by atomic mass is 32.2. The van der Waals surface area contributed by atoms with Crippen LogP contribution in [0.1, 0.15) is 18.9 Å². The summed E-state index contributed by atoms with van der Waals surface area (Å²) in [5, 5.41) is 11.9. The van der Waals surface area contributed by atoms with Crippen molar-refractivity contribution < 1.29 is 13.9 Å². The average molecular weight is 412 g/mol. The number of hydrogen-bond acceptors (Lipinski definition) is 5. The van der Waals surface area contributed by atoms with Crippen molar-refractivity contribution >= 4 is 17.7 Å². The van der Waals surface area contributed by atoms with E-state index in [1.54, 1.807) is 18.2 Å². The third-order valence-electron chi connectivity index (χ3n) is 4.46. The van der Waals surface area contributed by atoms with Gasteiger partial charge >= 0.3 is 0 Å². The van der Waals surface area contributed by atoms with Gasteiger partial charge in [-0.3, -0.25) is 9.36 Å². The number of amides is 1. The van der Waals surface area contributed by atoms with E-state index in [2.05, 4.69) is 15.5 Å². The summed E-state index contributed by atoms with van der Waals surface area (Å²) >= 11 is 1.31. The van der Waals surface area contributed by atoms with Gasteiger partial charge in [0.1, 0.15) is 18.2 Å². The summed E-state index contributed by atoms with van der Waals surface area (Å²) < 4.78 is 21.7. The highest BCUT2D eigenvalue weighted by Gasteiger charge is 2.31. The maximum atomic E-state index is 14.2. The van der Waals surface area contributed by atoms with E-state index in [9.17, 15) is 9.18 Å². The predicted molar refractivity (Wildman–Crippen MR) is 109 cm³/mol. The van der Waals surface area contributed by atoms with E-state index in [1.807, 2.05) is 34.9 Å². The van der Waals surface area contributed by atoms with Gasteiger partial charge in [0.15, 0.2) is 11.0 Å². The summed E-state index contributed by atoms with van der Waals surface area (Å²) in [6, 6.07) is 16.3. The number of aromatic nitrogens is 3. The smallest absolute Gasteiger partial charge is 0.230 e. The summed E-state index contributed by atoms with van der Waals surface area (Å²) in [5.41, 5.74) is 0.432. The summed E-state index contributed by atoms with van der Waals surface area (Å²) in [6.45, 7) is 0.820. The van der Waals surface area contributed by atoms with Crippen LogP contribution in [-0.2, 0) is 4.79 Å². The van der Waals surface area contributed by atoms with Crippen molar-refractivity contribution in [2.75, 3.05) is 18.9 Å². The first-order chi connectivity index (χ1) is 14.2. The number of hydrogen-bond donors (Lipinski definition) is 1. The van der Waals surface area contributed by atoms with Crippen LogP contribution in [0.5, 0.6) is 5.75 Å². The zero-order chi connectivity index (χ0) is 20.1. The van der Waals surface area contributed by atoms with E-state index in [0.29, 0.717) is 29.7 Å². The van der Waals surface area contributed by atoms with Crippen LogP contribution in [-0.4, -0.2) is 39.6 Å². The van der Waals surface area contributed by atoms with E-state index < -0.39 is 0 Å². The van der Waals surface area contributed by atoms with Crippen molar-refractivity contribution in [1.29, 1.82) is 0 Å². The Kier molecular flexibility index (Phi) is 6.09. The lowest BCUT2D eigenvalue weighted by Crippen LogP contribution is -2.29. The van der Waals surface area contributed by atoms with Gasteiger partial charge in [-0.2, -0.15) is 0 Å². The van der Waals surface area contributed by atoms with Crippen LogP contribution < -0.4 is 10.1 Å². The lowest BCUT2D eigenvalue weighted by molar-refractivity contribution is -0.118. The monoisotopic (exact) mass is 412 g/mol. The van der Waals surface area contributed by atoms with Crippen molar-refractivity contribution in [3.05, 3.63) is 60.4 Å². The topological polar surface area (TPSA) is 69.0 Å². The minimum Gasteiger partial charge on any atom is -0.492 e. The minimum atomic E-state index is -0.325. The van der Waals surface area contributed by atoms with Crippen molar-refractivity contribution in [2.45, 2.75) is 24.0 Å². The van der Waals surface area contributed by atoms with Crippen molar-refractivity contribution in [3.8, 4) is 17.1 Å². The van der Waals surface area contributed by atoms with E-state index >= 15 is 0 Å². The number of carbonyl (C=O) groups excluding carboxylic acids is 1. The Labute approximate surface area is 172 Å². The van der Waals surface area contributed by atoms with Crippen LogP contribution in [0.25, 0.3) is 11.4 Å². The second-order valence-electron chi connectivity index (χ2n) is 6.69. The normalized spacial score (nSPS) is 13.3. The molecule has 1 aromatic heterocycles. The number of nitrogens with zero attached hydrogens (tertiary/aromatic N) is 3. The Morgan fingerprint density at radius 1 is 1.14 bits per heavy atom. The fourth-order valence-electron chi connectivity index (χ4n) is 2.92. The molecule has 0 saturated heterocycles. The lowest BCUT2D eigenvalue weighted by Gasteiger charge is -2.10. The van der Waals surface area contributed by atoms with Crippen molar-refractivity contribution in [2.24, 2.45) is 0 Å². The highest BCUT2D eigenvalue weighted by Crippen LogP contribution is 2.41. The number of halogens is 1. The van der Waals surface area contributed by atoms with Crippen LogP contribution in [0.4, 0.5) is 4.39 Å². The summed E-state index contributed by atoms with van der Waals surface area (Å²) in [7, 11) is 0. The number of carbonyl (C=O) groups is 1. The zero-order valence-corrected chi connectivity index (χ0v) is 16.6. The zero-order valence-electron chi connectivity index (χ0n) is 15.8. The number of ether oxygens (including phenoxy) is 1. The molecule has 29 heavy (non-hydrogen) atoms. The molecule has 6 nitrogen and oxygen atoms in total. The molecule has 4 rings (SSSR count). The average Bonchev–Trinajstić information content (AvgIpc) is 3.50. The fraction of sp³-hybridized carbons (Fsp3) is 0.286. The molecule has 0 unspecified atom stereocenters. The lowest BCUT2D eigenvalue weighted by atomic mass is 10.2. The second kappa shape index (κ2) is 9.09. The molecule has 0 atom stereocenters. The molecular weight excluding hydrogens is 391 g/mol. The molecule has 1 N–H and O–H groups in total. The van der Waals surface area contributed by atoms with E-state index in [0.717, 1.165) is 18.6 Å². The first kappa shape index (κ1) is 19.4. The van der Waals surface area contributed by atoms with Crippen molar-refractivity contribution in [1.82, 2.24) is 20.1 Å². The van der Waals surface area contributed by atoms with Gasteiger partial charge in [0, 0.05) is 6.04 Å². The second-order valence-corrected chi connectivity index (χ2v) is 7.63.